The molecule has 0 aromatic carbocycles. The largest absolute Gasteiger partial charge is 0.378 e. The lowest BCUT2D eigenvalue weighted by molar-refractivity contribution is -0.127. The fraction of sp³-hybridized carbons (Fsp3) is 0.900. The monoisotopic (exact) mass is 341 g/mol. The van der Waals surface area contributed by atoms with E-state index in [1.807, 2.05) is 13.8 Å². The van der Waals surface area contributed by atoms with Crippen LogP contribution in [-0.2, 0) is 9.53 Å². The highest BCUT2D eigenvalue weighted by Crippen LogP contribution is 2.22. The first kappa shape index (κ1) is 13.5. The van der Waals surface area contributed by atoms with Gasteiger partial charge in [0.25, 0.3) is 0 Å². The molecular formula is C10H17Br2NO2. The van der Waals surface area contributed by atoms with Crippen molar-refractivity contribution in [3.8, 4) is 0 Å². The summed E-state index contributed by atoms with van der Waals surface area (Å²) in [5.74, 6) is 0.101. The summed E-state index contributed by atoms with van der Waals surface area (Å²) in [4.78, 5) is 12.0. The molecule has 1 N–H and O–H groups in total. The standard InChI is InChI=1S/C10H17Br2NO2/c1-7-8(3-4-15-7)9(14)13-10(2,5-11)6-12/h7-8H,3-6H2,1-2H3,(H,13,14). The summed E-state index contributed by atoms with van der Waals surface area (Å²) >= 11 is 6.82. The molecule has 0 bridgehead atoms. The van der Waals surface area contributed by atoms with Crippen LogP contribution in [-0.4, -0.2) is 34.8 Å². The first-order chi connectivity index (χ1) is 7.02. The van der Waals surface area contributed by atoms with E-state index in [4.69, 9.17) is 4.74 Å². The van der Waals surface area contributed by atoms with Crippen molar-refractivity contribution in [3.05, 3.63) is 0 Å². The zero-order chi connectivity index (χ0) is 11.5. The molecular weight excluding hydrogens is 326 g/mol. The number of alkyl halides is 2. The van der Waals surface area contributed by atoms with Gasteiger partial charge in [0, 0.05) is 17.3 Å². The number of halogens is 2. The van der Waals surface area contributed by atoms with Gasteiger partial charge in [0.2, 0.25) is 5.91 Å². The molecule has 88 valence electrons. The molecule has 2 atom stereocenters. The Morgan fingerprint density at radius 3 is 2.53 bits per heavy atom. The van der Waals surface area contributed by atoms with Gasteiger partial charge in [-0.25, -0.2) is 0 Å². The molecule has 5 heteroatoms. The summed E-state index contributed by atoms with van der Waals surface area (Å²) in [5, 5.41) is 4.52. The second kappa shape index (κ2) is 5.64. The zero-order valence-electron chi connectivity index (χ0n) is 9.06. The van der Waals surface area contributed by atoms with Crippen molar-refractivity contribution < 1.29 is 9.53 Å². The van der Waals surface area contributed by atoms with E-state index >= 15 is 0 Å². The van der Waals surface area contributed by atoms with Crippen molar-refractivity contribution in [1.82, 2.24) is 5.32 Å². The van der Waals surface area contributed by atoms with Gasteiger partial charge in [-0.2, -0.15) is 0 Å². The molecule has 15 heavy (non-hydrogen) atoms. The number of carbonyl (C=O) groups excluding carboxylic acids is 1. The number of nitrogens with one attached hydrogen (secondary N) is 1. The van der Waals surface area contributed by atoms with Crippen LogP contribution in [0.4, 0.5) is 0 Å². The topological polar surface area (TPSA) is 38.3 Å². The molecule has 1 fully saturated rings. The van der Waals surface area contributed by atoms with E-state index in [1.54, 1.807) is 0 Å². The van der Waals surface area contributed by atoms with Crippen LogP contribution >= 0.6 is 31.9 Å². The molecule has 0 aromatic heterocycles. The van der Waals surface area contributed by atoms with Crippen LogP contribution < -0.4 is 5.32 Å². The quantitative estimate of drug-likeness (QED) is 0.794. The van der Waals surface area contributed by atoms with E-state index in [0.717, 1.165) is 17.1 Å². The minimum Gasteiger partial charge on any atom is -0.378 e. The summed E-state index contributed by atoms with van der Waals surface area (Å²) in [5.41, 5.74) is -0.223. The van der Waals surface area contributed by atoms with Crippen LogP contribution in [0.15, 0.2) is 0 Å². The highest BCUT2D eigenvalue weighted by molar-refractivity contribution is 9.09. The minimum atomic E-state index is -0.223. The van der Waals surface area contributed by atoms with Crippen molar-refractivity contribution in [3.63, 3.8) is 0 Å². The fourth-order valence-corrected chi connectivity index (χ4v) is 2.78. The maximum absolute atomic E-state index is 12.0. The Kier molecular flexibility index (Phi) is 5.06. The molecule has 2 unspecified atom stereocenters. The van der Waals surface area contributed by atoms with Gasteiger partial charge in [-0.05, 0) is 20.3 Å². The number of hydrogen-bond donors (Lipinski definition) is 1. The zero-order valence-corrected chi connectivity index (χ0v) is 12.2. The molecule has 0 aromatic rings. The van der Waals surface area contributed by atoms with Crippen molar-refractivity contribution in [2.24, 2.45) is 5.92 Å². The molecule has 1 amide bonds. The van der Waals surface area contributed by atoms with Crippen LogP contribution in [0.5, 0.6) is 0 Å². The number of rotatable bonds is 4. The maximum Gasteiger partial charge on any atom is 0.226 e. The summed E-state index contributed by atoms with van der Waals surface area (Å²) < 4.78 is 5.38. The molecule has 1 aliphatic rings. The SMILES string of the molecule is CC1OCCC1C(=O)NC(C)(CBr)CBr. The Morgan fingerprint density at radius 1 is 1.53 bits per heavy atom. The average molecular weight is 343 g/mol. The second-order valence-electron chi connectivity index (χ2n) is 4.29. The van der Waals surface area contributed by atoms with E-state index < -0.39 is 0 Å². The molecule has 1 rings (SSSR count). The lowest BCUT2D eigenvalue weighted by Gasteiger charge is -2.28. The van der Waals surface area contributed by atoms with Crippen LogP contribution in [0.3, 0.4) is 0 Å². The van der Waals surface area contributed by atoms with Gasteiger partial charge in [-0.3, -0.25) is 4.79 Å². The van der Waals surface area contributed by atoms with E-state index in [9.17, 15) is 4.79 Å². The Morgan fingerprint density at radius 2 is 2.13 bits per heavy atom. The lowest BCUT2D eigenvalue weighted by atomic mass is 9.99. The molecule has 1 heterocycles. The number of ether oxygens (including phenoxy) is 1. The normalized spacial score (nSPS) is 26.7. The van der Waals surface area contributed by atoms with Crippen LogP contribution in [0, 0.1) is 5.92 Å². The average Bonchev–Trinajstić information content (AvgIpc) is 2.64. The van der Waals surface area contributed by atoms with Crippen molar-refractivity contribution in [2.45, 2.75) is 31.9 Å². The Labute approximate surface area is 108 Å². The van der Waals surface area contributed by atoms with Gasteiger partial charge >= 0.3 is 0 Å². The second-order valence-corrected chi connectivity index (χ2v) is 5.41. The van der Waals surface area contributed by atoms with Gasteiger partial charge in [0.15, 0.2) is 0 Å². The van der Waals surface area contributed by atoms with Crippen molar-refractivity contribution in [2.75, 3.05) is 17.3 Å². The molecule has 0 aliphatic carbocycles. The highest BCUT2D eigenvalue weighted by Gasteiger charge is 2.34. The fourth-order valence-electron chi connectivity index (χ4n) is 1.57. The Hall–Kier alpha value is 0.390. The third-order valence-corrected chi connectivity index (χ3v) is 5.20. The van der Waals surface area contributed by atoms with Gasteiger partial charge in [-0.15, -0.1) is 0 Å². The van der Waals surface area contributed by atoms with Crippen LogP contribution in [0.25, 0.3) is 0 Å². The predicted molar refractivity (Wildman–Crippen MR) is 67.7 cm³/mol. The summed E-state index contributed by atoms with van der Waals surface area (Å²) in [7, 11) is 0. The summed E-state index contributed by atoms with van der Waals surface area (Å²) in [6.45, 7) is 4.66. The smallest absolute Gasteiger partial charge is 0.226 e. The van der Waals surface area contributed by atoms with E-state index in [2.05, 4.69) is 37.2 Å². The lowest BCUT2D eigenvalue weighted by Crippen LogP contribution is -2.51. The first-order valence-electron chi connectivity index (χ1n) is 5.08. The van der Waals surface area contributed by atoms with Crippen molar-refractivity contribution in [1.29, 1.82) is 0 Å². The summed E-state index contributed by atoms with van der Waals surface area (Å²) in [6.07, 6.45) is 0.869. The van der Waals surface area contributed by atoms with Gasteiger partial charge in [-0.1, -0.05) is 31.9 Å². The van der Waals surface area contributed by atoms with E-state index in [0.29, 0.717) is 6.61 Å². The maximum atomic E-state index is 12.0. The molecule has 0 spiro atoms. The van der Waals surface area contributed by atoms with Gasteiger partial charge in [0.1, 0.15) is 0 Å². The molecule has 1 aliphatic heterocycles. The van der Waals surface area contributed by atoms with E-state index in [-0.39, 0.29) is 23.5 Å². The third kappa shape index (κ3) is 3.43. The predicted octanol–water partition coefficient (Wildman–Crippen LogP) is 2.08. The molecule has 3 nitrogen and oxygen atoms in total. The number of carbonyl (C=O) groups is 1. The van der Waals surface area contributed by atoms with Gasteiger partial charge < -0.3 is 10.1 Å². The number of hydrogen-bond acceptors (Lipinski definition) is 2. The number of amides is 1. The Balaban J connectivity index is 2.54. The molecule has 0 radical (unpaired) electrons. The molecule has 0 saturated carbocycles. The third-order valence-electron chi connectivity index (χ3n) is 2.73. The highest BCUT2D eigenvalue weighted by atomic mass is 79.9. The summed E-state index contributed by atoms with van der Waals surface area (Å²) in [6, 6.07) is 0. The van der Waals surface area contributed by atoms with Crippen molar-refractivity contribution >= 4 is 37.8 Å². The van der Waals surface area contributed by atoms with Crippen LogP contribution in [0.2, 0.25) is 0 Å². The minimum absolute atomic E-state index is 0.00225. The Bertz CT molecular complexity index is 231. The molecule has 1 saturated heterocycles. The van der Waals surface area contributed by atoms with Gasteiger partial charge in [0.05, 0.1) is 17.6 Å². The van der Waals surface area contributed by atoms with E-state index in [1.165, 1.54) is 0 Å². The van der Waals surface area contributed by atoms with Crippen LogP contribution in [0.1, 0.15) is 20.3 Å². The first-order valence-corrected chi connectivity index (χ1v) is 7.32.